The first-order valence-electron chi connectivity index (χ1n) is 20.9. The molecule has 3 amide bonds. The molecule has 5 N–H and O–H groups in total. The number of unbranched alkanes of at least 4 members (excludes halogenated alkanes) is 3. The number of thioether (sulfide) groups is 1. The molecule has 5 aromatic rings. The molecule has 2 aliphatic heterocycles. The van der Waals surface area contributed by atoms with Crippen LogP contribution in [0.4, 0.5) is 4.79 Å². The first kappa shape index (κ1) is 39.5. The summed E-state index contributed by atoms with van der Waals surface area (Å²) in [5.41, 5.74) is 7.43. The fourth-order valence-corrected chi connectivity index (χ4v) is 10.4. The second-order valence-electron chi connectivity index (χ2n) is 15.9. The predicted molar refractivity (Wildman–Crippen MR) is 231 cm³/mol. The third-order valence-electron chi connectivity index (χ3n) is 11.8. The summed E-state index contributed by atoms with van der Waals surface area (Å²) in [6.45, 7) is 1.22. The van der Waals surface area contributed by atoms with E-state index in [1.165, 1.54) is 0 Å². The van der Waals surface area contributed by atoms with Crippen LogP contribution >= 0.6 is 11.8 Å². The minimum Gasteiger partial charge on any atom is -0.393 e. The summed E-state index contributed by atoms with van der Waals surface area (Å²) in [5, 5.41) is 30.2. The van der Waals surface area contributed by atoms with Crippen molar-refractivity contribution in [2.75, 3.05) is 12.3 Å². The van der Waals surface area contributed by atoms with Crippen molar-refractivity contribution in [1.82, 2.24) is 30.1 Å². The van der Waals surface area contributed by atoms with Gasteiger partial charge in [0.1, 0.15) is 11.1 Å². The maximum atomic E-state index is 12.4. The van der Waals surface area contributed by atoms with Gasteiger partial charge < -0.3 is 30.2 Å². The molecule has 58 heavy (non-hydrogen) atoms. The van der Waals surface area contributed by atoms with E-state index in [-0.39, 0.29) is 36.2 Å². The van der Waals surface area contributed by atoms with Crippen LogP contribution in [0.5, 0.6) is 0 Å². The number of fused-ring (bicyclic) bond motifs is 2. The number of aliphatic hydroxyl groups excluding tert-OH is 1. The number of nitrogens with one attached hydrogen (secondary N) is 4. The molecule has 3 fully saturated rings. The highest BCUT2D eigenvalue weighted by Gasteiger charge is 2.42. The van der Waals surface area contributed by atoms with E-state index in [1.54, 1.807) is 0 Å². The van der Waals surface area contributed by atoms with Crippen LogP contribution in [-0.4, -0.2) is 66.9 Å². The molecule has 3 atom stereocenters. The first-order valence-corrected chi connectivity index (χ1v) is 22.0. The number of benzene rings is 3. The molecule has 300 valence electrons. The molecule has 0 unspecified atom stereocenters. The third-order valence-corrected chi connectivity index (χ3v) is 13.3. The number of hydrogen-bond acceptors (Lipinski definition) is 6. The molecule has 2 saturated heterocycles. The molecular formula is C47H53N7O3S. The fourth-order valence-electron chi connectivity index (χ4n) is 8.84. The quantitative estimate of drug-likeness (QED) is 0.0450. The van der Waals surface area contributed by atoms with Gasteiger partial charge in [-0.05, 0) is 80.2 Å². The van der Waals surface area contributed by atoms with Gasteiger partial charge in [0.2, 0.25) is 5.91 Å². The maximum Gasteiger partial charge on any atom is 0.315 e. The monoisotopic (exact) mass is 795 g/mol. The van der Waals surface area contributed by atoms with Crippen LogP contribution < -0.4 is 21.4 Å². The highest BCUT2D eigenvalue weighted by atomic mass is 32.2. The number of urea groups is 1. The Morgan fingerprint density at radius 1 is 0.931 bits per heavy atom. The number of aliphatic hydroxyl groups is 1. The zero-order valence-electron chi connectivity index (χ0n) is 33.0. The predicted octanol–water partition coefficient (Wildman–Crippen LogP) is 7.54. The molecule has 0 spiro atoms. The van der Waals surface area contributed by atoms with E-state index in [9.17, 15) is 20.1 Å². The molecule has 4 heterocycles. The number of carbonyl (C=O) groups excluding carboxylic acids is 2. The van der Waals surface area contributed by atoms with Crippen LogP contribution in [0.1, 0.15) is 87.8 Å². The summed E-state index contributed by atoms with van der Waals surface area (Å²) in [6, 6.07) is 29.7. The van der Waals surface area contributed by atoms with Crippen molar-refractivity contribution in [1.29, 1.82) is 5.41 Å². The average molecular weight is 796 g/mol. The highest BCUT2D eigenvalue weighted by Crippen LogP contribution is 2.40. The lowest BCUT2D eigenvalue weighted by molar-refractivity contribution is -0.121. The standard InChI is InChI=1S/C47H53N7O3S/c48-45-42-41(34-17-6-3-7-18-34)44(35-19-8-4-9-20-35)53(46(42)50-31-54(45)36-23-25-37(55)26-24-36)29-33-16-13-15-32(28-33)14-5-1-2-12-27-49-40(56)22-11-10-21-39-43-38(30-58-39)51-47(57)52-43/h3-4,6-9,13,15-20,28,31,36-39,43,48,55H,1-2,10-12,21-27,29-30H2,(H,49,56)(H2,51,52,57)/t36-,37-,38-,39-,43-/m0/s1. The lowest BCUT2D eigenvalue weighted by atomic mass is 9.93. The maximum absolute atomic E-state index is 12.4. The van der Waals surface area contributed by atoms with E-state index >= 15 is 0 Å². The van der Waals surface area contributed by atoms with Crippen molar-refractivity contribution in [3.05, 3.63) is 108 Å². The van der Waals surface area contributed by atoms with Crippen LogP contribution in [0.15, 0.2) is 91.3 Å². The van der Waals surface area contributed by atoms with E-state index in [1.807, 2.05) is 53.0 Å². The summed E-state index contributed by atoms with van der Waals surface area (Å²) >= 11 is 1.92. The molecule has 1 aliphatic carbocycles. The van der Waals surface area contributed by atoms with Gasteiger partial charge in [-0.3, -0.25) is 10.2 Å². The summed E-state index contributed by atoms with van der Waals surface area (Å²) in [6.07, 6.45) is 10.7. The largest absolute Gasteiger partial charge is 0.393 e. The number of rotatable bonds is 14. The highest BCUT2D eigenvalue weighted by molar-refractivity contribution is 8.00. The molecule has 3 aromatic carbocycles. The van der Waals surface area contributed by atoms with E-state index in [4.69, 9.17) is 4.98 Å². The van der Waals surface area contributed by atoms with Crippen LogP contribution in [0, 0.1) is 17.3 Å². The molecule has 11 heteroatoms. The van der Waals surface area contributed by atoms with Gasteiger partial charge in [-0.25, -0.2) is 9.78 Å². The molecular weight excluding hydrogens is 743 g/mol. The number of nitrogens with zero attached hydrogens (tertiary/aromatic N) is 3. The number of carbonyl (C=O) groups is 2. The van der Waals surface area contributed by atoms with Gasteiger partial charge >= 0.3 is 6.03 Å². The van der Waals surface area contributed by atoms with Gasteiger partial charge in [-0.2, -0.15) is 11.8 Å². The van der Waals surface area contributed by atoms with Gasteiger partial charge in [-0.15, -0.1) is 0 Å². The SMILES string of the molecule is N=c1c2c(-c3ccccc3)c(-c3ccccc3)n(Cc3cccc(C#CCCCCNC(=O)CCCC[C@@H]4SC[C@@H]5NC(=O)N[C@@H]54)c3)c2ncn1[C@H]1CC[C@H](O)CC1. The van der Waals surface area contributed by atoms with Gasteiger partial charge in [0.05, 0.1) is 35.6 Å². The Bertz CT molecular complexity index is 2340. The Kier molecular flexibility index (Phi) is 12.6. The molecule has 8 rings (SSSR count). The zero-order valence-corrected chi connectivity index (χ0v) is 33.8. The minimum absolute atomic E-state index is 0.0530. The Hall–Kier alpha value is -5.31. The van der Waals surface area contributed by atoms with Crippen molar-refractivity contribution in [3.63, 3.8) is 0 Å². The number of aromatic nitrogens is 3. The fraction of sp³-hybridized carbons (Fsp3) is 0.404. The van der Waals surface area contributed by atoms with E-state index in [0.717, 1.165) is 115 Å². The molecule has 0 bridgehead atoms. The zero-order chi connectivity index (χ0) is 39.8. The second-order valence-corrected chi connectivity index (χ2v) is 17.2. The topological polar surface area (TPSA) is 137 Å². The van der Waals surface area contributed by atoms with E-state index in [0.29, 0.717) is 30.2 Å². The molecule has 0 radical (unpaired) electrons. The van der Waals surface area contributed by atoms with Crippen LogP contribution in [0.3, 0.4) is 0 Å². The summed E-state index contributed by atoms with van der Waals surface area (Å²) in [4.78, 5) is 29.1. The van der Waals surface area contributed by atoms with Crippen LogP contribution in [0.2, 0.25) is 0 Å². The van der Waals surface area contributed by atoms with Crippen molar-refractivity contribution < 1.29 is 14.7 Å². The molecule has 1 saturated carbocycles. The lowest BCUT2D eigenvalue weighted by Gasteiger charge is -2.27. The molecule has 2 aromatic heterocycles. The van der Waals surface area contributed by atoms with Crippen molar-refractivity contribution in [2.24, 2.45) is 0 Å². The lowest BCUT2D eigenvalue weighted by Crippen LogP contribution is -2.36. The molecule has 3 aliphatic rings. The summed E-state index contributed by atoms with van der Waals surface area (Å²) in [7, 11) is 0. The smallest absolute Gasteiger partial charge is 0.315 e. The van der Waals surface area contributed by atoms with E-state index in [2.05, 4.69) is 87.0 Å². The van der Waals surface area contributed by atoms with Gasteiger partial charge in [0.25, 0.3) is 0 Å². The van der Waals surface area contributed by atoms with E-state index < -0.39 is 0 Å². The van der Waals surface area contributed by atoms with Crippen molar-refractivity contribution >= 4 is 34.7 Å². The Morgan fingerprint density at radius 2 is 1.71 bits per heavy atom. The third kappa shape index (κ3) is 9.04. The normalized spacial score (nSPS) is 21.2. The second kappa shape index (κ2) is 18.5. The Balaban J connectivity index is 0.918. The average Bonchev–Trinajstić information content (AvgIpc) is 3.91. The Labute approximate surface area is 344 Å². The summed E-state index contributed by atoms with van der Waals surface area (Å²) in [5.74, 6) is 7.79. The van der Waals surface area contributed by atoms with Gasteiger partial charge in [-0.1, -0.05) is 91.1 Å². The van der Waals surface area contributed by atoms with Gasteiger partial charge in [0, 0.05) is 54.1 Å². The Morgan fingerprint density at radius 3 is 2.50 bits per heavy atom. The van der Waals surface area contributed by atoms with Crippen molar-refractivity contribution in [3.8, 4) is 34.2 Å². The first-order chi connectivity index (χ1) is 28.4. The van der Waals surface area contributed by atoms with Gasteiger partial charge in [0.15, 0.2) is 0 Å². The number of hydrogen-bond donors (Lipinski definition) is 5. The number of amides is 3. The summed E-state index contributed by atoms with van der Waals surface area (Å²) < 4.78 is 4.28. The molecule has 10 nitrogen and oxygen atoms in total. The van der Waals surface area contributed by atoms with Crippen LogP contribution in [0.25, 0.3) is 33.4 Å². The van der Waals surface area contributed by atoms with Crippen LogP contribution in [-0.2, 0) is 11.3 Å². The van der Waals surface area contributed by atoms with Crippen molar-refractivity contribution in [2.45, 2.75) is 107 Å². The minimum atomic E-state index is -0.271.